The summed E-state index contributed by atoms with van der Waals surface area (Å²) in [6.45, 7) is 13.1. The van der Waals surface area contributed by atoms with E-state index in [1.54, 1.807) is 28.4 Å². The maximum atomic E-state index is 5.87. The highest BCUT2D eigenvalue weighted by molar-refractivity contribution is 6.24. The predicted molar refractivity (Wildman–Crippen MR) is 243 cm³/mol. The van der Waals surface area contributed by atoms with Crippen molar-refractivity contribution < 1.29 is 18.9 Å². The summed E-state index contributed by atoms with van der Waals surface area (Å²) in [5.74, 6) is 2.70. The van der Waals surface area contributed by atoms with E-state index in [1.807, 2.05) is 12.1 Å². The van der Waals surface area contributed by atoms with Crippen LogP contribution in [0.25, 0.3) is 32.3 Å². The first-order valence-electron chi connectivity index (χ1n) is 19.6. The average Bonchev–Trinajstić information content (AvgIpc) is 3.24. The molecule has 8 aromatic carbocycles. The molecule has 0 heterocycles. The van der Waals surface area contributed by atoms with Gasteiger partial charge in [0.25, 0.3) is 0 Å². The average molecular weight is 767 g/mol. The summed E-state index contributed by atoms with van der Waals surface area (Å²) in [7, 11) is 6.72. The maximum absolute atomic E-state index is 5.87. The lowest BCUT2D eigenvalue weighted by molar-refractivity contribution is 0.355. The second-order valence-corrected chi connectivity index (χ2v) is 15.1. The van der Waals surface area contributed by atoms with Crippen LogP contribution in [0, 0.1) is 41.5 Å². The van der Waals surface area contributed by atoms with Crippen molar-refractivity contribution in [2.24, 2.45) is 0 Å². The van der Waals surface area contributed by atoms with Crippen molar-refractivity contribution in [2.45, 2.75) is 41.5 Å². The van der Waals surface area contributed by atoms with Crippen molar-refractivity contribution in [1.29, 1.82) is 0 Å². The molecule has 0 aliphatic carbocycles. The van der Waals surface area contributed by atoms with Crippen LogP contribution in [0.15, 0.2) is 121 Å². The minimum absolute atomic E-state index is 0.669. The number of benzene rings is 8. The zero-order chi connectivity index (χ0) is 40.8. The lowest BCUT2D eigenvalue weighted by Crippen LogP contribution is -2.13. The molecule has 0 spiro atoms. The van der Waals surface area contributed by atoms with Crippen LogP contribution in [-0.4, -0.2) is 28.4 Å². The van der Waals surface area contributed by atoms with Crippen molar-refractivity contribution >= 4 is 66.4 Å². The smallest absolute Gasteiger partial charge is 0.162 e. The molecule has 0 unspecified atom stereocenters. The molecule has 292 valence electrons. The molecule has 6 heteroatoms. The monoisotopic (exact) mass is 766 g/mol. The van der Waals surface area contributed by atoms with Crippen LogP contribution in [0.2, 0.25) is 0 Å². The molecule has 0 atom stereocenters. The summed E-state index contributed by atoms with van der Waals surface area (Å²) < 4.78 is 23.1. The molecule has 0 aliphatic heterocycles. The molecular formula is C52H50N2O4. The Balaban J connectivity index is 1.48. The summed E-state index contributed by atoms with van der Waals surface area (Å²) in [6, 6.07) is 43.7. The van der Waals surface area contributed by atoms with Crippen molar-refractivity contribution in [2.75, 3.05) is 38.2 Å². The van der Waals surface area contributed by atoms with Gasteiger partial charge >= 0.3 is 0 Å². The normalized spacial score (nSPS) is 11.3. The molecule has 0 aliphatic rings. The quantitative estimate of drug-likeness (QED) is 0.129. The van der Waals surface area contributed by atoms with Crippen molar-refractivity contribution in [3.05, 3.63) is 155 Å². The van der Waals surface area contributed by atoms with Gasteiger partial charge in [0.2, 0.25) is 0 Å². The van der Waals surface area contributed by atoms with Gasteiger partial charge in [0, 0.05) is 34.3 Å². The second kappa shape index (κ2) is 15.4. The number of methoxy groups -OCH3 is 4. The van der Waals surface area contributed by atoms with Gasteiger partial charge in [0.1, 0.15) is 0 Å². The van der Waals surface area contributed by atoms with E-state index in [2.05, 4.69) is 161 Å². The zero-order valence-corrected chi connectivity index (χ0v) is 35.1. The Bertz CT molecular complexity index is 2640. The summed E-state index contributed by atoms with van der Waals surface area (Å²) >= 11 is 0. The lowest BCUT2D eigenvalue weighted by atomic mass is 9.93. The van der Waals surface area contributed by atoms with Gasteiger partial charge in [-0.25, -0.2) is 0 Å². The Hall–Kier alpha value is -6.66. The molecule has 6 nitrogen and oxygen atoms in total. The summed E-state index contributed by atoms with van der Waals surface area (Å²) in [4.78, 5) is 4.72. The fourth-order valence-corrected chi connectivity index (χ4v) is 8.35. The topological polar surface area (TPSA) is 43.4 Å². The molecule has 8 aromatic rings. The van der Waals surface area contributed by atoms with E-state index in [9.17, 15) is 0 Å². The molecular weight excluding hydrogens is 717 g/mol. The van der Waals surface area contributed by atoms with E-state index >= 15 is 0 Å². The number of anilines is 6. The maximum Gasteiger partial charge on any atom is 0.162 e. The van der Waals surface area contributed by atoms with Gasteiger partial charge in [-0.15, -0.1) is 0 Å². The molecule has 0 fully saturated rings. The number of ether oxygens (including phenoxy) is 4. The first kappa shape index (κ1) is 38.2. The van der Waals surface area contributed by atoms with Gasteiger partial charge in [-0.05, 0) is 157 Å². The van der Waals surface area contributed by atoms with E-state index < -0.39 is 0 Å². The Labute approximate surface area is 341 Å². The first-order chi connectivity index (χ1) is 28.1. The highest BCUT2D eigenvalue weighted by atomic mass is 16.5. The molecule has 0 saturated heterocycles. The van der Waals surface area contributed by atoms with Gasteiger partial charge < -0.3 is 28.7 Å². The summed E-state index contributed by atoms with van der Waals surface area (Å²) in [5.41, 5.74) is 13.7. The second-order valence-electron chi connectivity index (χ2n) is 15.1. The standard InChI is InChI=1S/C52H50N2O4/c1-31-23-39(24-32(2)35(31)5)53(37-19-21-49(55-7)51(27-37)57-9)47-29-45-42-16-12-14-18-44(42)48(30-46(45)41-15-11-13-17-43(41)47)54(40-25-33(3)36(6)34(4)26-40)38-20-22-50(56-8)52(28-38)58-10/h11-30H,1-10H3. The Morgan fingerprint density at radius 1 is 0.310 bits per heavy atom. The van der Waals surface area contributed by atoms with Gasteiger partial charge in [0.05, 0.1) is 51.2 Å². The molecule has 0 radical (unpaired) electrons. The van der Waals surface area contributed by atoms with Crippen LogP contribution in [0.1, 0.15) is 33.4 Å². The third-order valence-electron chi connectivity index (χ3n) is 11.9. The predicted octanol–water partition coefficient (Wildman–Crippen LogP) is 14.0. The molecule has 0 bridgehead atoms. The van der Waals surface area contributed by atoms with Crippen LogP contribution in [0.3, 0.4) is 0 Å². The summed E-state index contributed by atoms with van der Waals surface area (Å²) in [6.07, 6.45) is 0. The minimum atomic E-state index is 0.669. The third-order valence-corrected chi connectivity index (χ3v) is 11.9. The van der Waals surface area contributed by atoms with Gasteiger partial charge in [0.15, 0.2) is 23.0 Å². The number of nitrogens with zero attached hydrogens (tertiary/aromatic N) is 2. The summed E-state index contributed by atoms with van der Waals surface area (Å²) in [5, 5.41) is 6.86. The largest absolute Gasteiger partial charge is 0.493 e. The number of hydrogen-bond acceptors (Lipinski definition) is 6. The lowest BCUT2D eigenvalue weighted by Gasteiger charge is -2.31. The molecule has 58 heavy (non-hydrogen) atoms. The van der Waals surface area contributed by atoms with Crippen LogP contribution >= 0.6 is 0 Å². The number of aryl methyl sites for hydroxylation is 4. The Morgan fingerprint density at radius 2 is 0.638 bits per heavy atom. The molecule has 0 amide bonds. The van der Waals surface area contributed by atoms with Crippen molar-refractivity contribution in [3.8, 4) is 23.0 Å². The Kier molecular flexibility index (Phi) is 10.1. The Morgan fingerprint density at radius 3 is 0.966 bits per heavy atom. The molecule has 0 saturated carbocycles. The van der Waals surface area contributed by atoms with Crippen LogP contribution in [0.4, 0.5) is 34.1 Å². The van der Waals surface area contributed by atoms with E-state index in [1.165, 1.54) is 33.4 Å². The van der Waals surface area contributed by atoms with Gasteiger partial charge in [-0.2, -0.15) is 0 Å². The van der Waals surface area contributed by atoms with Crippen LogP contribution in [0.5, 0.6) is 23.0 Å². The van der Waals surface area contributed by atoms with E-state index in [-0.39, 0.29) is 0 Å². The first-order valence-corrected chi connectivity index (χ1v) is 19.6. The number of hydrogen-bond donors (Lipinski definition) is 0. The molecule has 8 rings (SSSR count). The number of fused-ring (bicyclic) bond motifs is 5. The van der Waals surface area contributed by atoms with E-state index in [0.29, 0.717) is 23.0 Å². The van der Waals surface area contributed by atoms with E-state index in [0.717, 1.165) is 66.4 Å². The van der Waals surface area contributed by atoms with Crippen molar-refractivity contribution in [3.63, 3.8) is 0 Å². The zero-order valence-electron chi connectivity index (χ0n) is 35.1. The highest BCUT2D eigenvalue weighted by Gasteiger charge is 2.24. The van der Waals surface area contributed by atoms with Crippen LogP contribution < -0.4 is 28.7 Å². The van der Waals surface area contributed by atoms with Crippen LogP contribution in [-0.2, 0) is 0 Å². The minimum Gasteiger partial charge on any atom is -0.493 e. The van der Waals surface area contributed by atoms with E-state index in [4.69, 9.17) is 18.9 Å². The van der Waals surface area contributed by atoms with Gasteiger partial charge in [-0.3, -0.25) is 0 Å². The molecule has 0 N–H and O–H groups in total. The van der Waals surface area contributed by atoms with Crippen molar-refractivity contribution in [1.82, 2.24) is 0 Å². The van der Waals surface area contributed by atoms with Gasteiger partial charge in [-0.1, -0.05) is 48.5 Å². The molecule has 0 aromatic heterocycles. The fourth-order valence-electron chi connectivity index (χ4n) is 8.35. The highest BCUT2D eigenvalue weighted by Crippen LogP contribution is 2.49. The fraction of sp³-hybridized carbons (Fsp3) is 0.192. The SMILES string of the molecule is COc1ccc(N(c2cc(C)c(C)c(C)c2)c2cc3c4ccccc4c(N(c4cc(C)c(C)c(C)c4)c4ccc(OC)c(OC)c4)cc3c3ccccc23)cc1OC. The third kappa shape index (κ3) is 6.48. The number of rotatable bonds is 10.